The summed E-state index contributed by atoms with van der Waals surface area (Å²) in [4.78, 5) is 35.4. The Hall–Kier alpha value is -1.59. The van der Waals surface area contributed by atoms with E-state index in [1.165, 1.54) is 7.11 Å². The first-order chi connectivity index (χ1) is 9.81. The molecule has 0 heterocycles. The standard InChI is InChI=1S/C15H25NO5/c1-5-9-6-10(11(7-9)14(18)19)13(17)16-12(8(2)3)15(20)21-4/h8-12H,5-7H2,1-4H3,(H,16,17)(H,18,19). The second-order valence-corrected chi connectivity index (χ2v) is 6.05. The van der Waals surface area contributed by atoms with Crippen molar-refractivity contribution in [1.82, 2.24) is 5.32 Å². The molecular weight excluding hydrogens is 274 g/mol. The Morgan fingerprint density at radius 2 is 1.81 bits per heavy atom. The van der Waals surface area contributed by atoms with Crippen LogP contribution in [0.2, 0.25) is 0 Å². The molecule has 0 spiro atoms. The van der Waals surface area contributed by atoms with Crippen LogP contribution < -0.4 is 5.32 Å². The number of carbonyl (C=O) groups is 3. The molecule has 0 aliphatic heterocycles. The minimum absolute atomic E-state index is 0.118. The van der Waals surface area contributed by atoms with E-state index < -0.39 is 29.8 Å². The Bertz CT molecular complexity index is 407. The summed E-state index contributed by atoms with van der Waals surface area (Å²) in [5, 5.41) is 11.9. The van der Waals surface area contributed by atoms with Crippen LogP contribution in [0.4, 0.5) is 0 Å². The van der Waals surface area contributed by atoms with Gasteiger partial charge in [0.1, 0.15) is 6.04 Å². The number of carboxylic acid groups (broad SMARTS) is 1. The maximum Gasteiger partial charge on any atom is 0.328 e. The number of carbonyl (C=O) groups excluding carboxylic acids is 2. The molecule has 0 aromatic carbocycles. The van der Waals surface area contributed by atoms with Crippen molar-refractivity contribution in [3.8, 4) is 0 Å². The van der Waals surface area contributed by atoms with Crippen molar-refractivity contribution in [2.24, 2.45) is 23.7 Å². The summed E-state index contributed by atoms with van der Waals surface area (Å²) in [5.41, 5.74) is 0. The highest BCUT2D eigenvalue weighted by atomic mass is 16.5. The Kier molecular flexibility index (Phi) is 6.18. The molecule has 1 saturated carbocycles. The molecule has 1 amide bonds. The van der Waals surface area contributed by atoms with Crippen LogP contribution >= 0.6 is 0 Å². The van der Waals surface area contributed by atoms with E-state index in [0.717, 1.165) is 6.42 Å². The van der Waals surface area contributed by atoms with Crippen molar-refractivity contribution in [1.29, 1.82) is 0 Å². The number of esters is 1. The summed E-state index contributed by atoms with van der Waals surface area (Å²) in [5.74, 6) is -2.91. The molecule has 1 aliphatic carbocycles. The van der Waals surface area contributed by atoms with Gasteiger partial charge in [-0.3, -0.25) is 9.59 Å². The molecule has 1 fully saturated rings. The SMILES string of the molecule is CCC1CC(C(=O)O)C(C(=O)NC(C(=O)OC)C(C)C)C1. The van der Waals surface area contributed by atoms with Gasteiger partial charge >= 0.3 is 11.9 Å². The molecule has 0 aromatic rings. The number of hydrogen-bond acceptors (Lipinski definition) is 4. The van der Waals surface area contributed by atoms with Gasteiger partial charge in [0.15, 0.2) is 0 Å². The monoisotopic (exact) mass is 299 g/mol. The lowest BCUT2D eigenvalue weighted by Crippen LogP contribution is -2.48. The third-order valence-electron chi connectivity index (χ3n) is 4.31. The van der Waals surface area contributed by atoms with E-state index in [2.05, 4.69) is 10.1 Å². The molecule has 6 nitrogen and oxygen atoms in total. The maximum atomic E-state index is 12.4. The van der Waals surface area contributed by atoms with Crippen molar-refractivity contribution in [3.63, 3.8) is 0 Å². The lowest BCUT2D eigenvalue weighted by Gasteiger charge is -2.23. The number of carboxylic acids is 1. The average molecular weight is 299 g/mol. The van der Waals surface area contributed by atoms with Gasteiger partial charge in [0.05, 0.1) is 18.9 Å². The van der Waals surface area contributed by atoms with Gasteiger partial charge in [-0.1, -0.05) is 27.2 Å². The minimum Gasteiger partial charge on any atom is -0.481 e. The fourth-order valence-corrected chi connectivity index (χ4v) is 2.92. The van der Waals surface area contributed by atoms with Gasteiger partial charge in [-0.15, -0.1) is 0 Å². The number of aliphatic carboxylic acids is 1. The van der Waals surface area contributed by atoms with Crippen molar-refractivity contribution in [2.75, 3.05) is 7.11 Å². The van der Waals surface area contributed by atoms with Gasteiger partial charge in [0.2, 0.25) is 5.91 Å². The summed E-state index contributed by atoms with van der Waals surface area (Å²) in [6, 6.07) is -0.738. The molecule has 4 atom stereocenters. The first kappa shape index (κ1) is 17.5. The number of rotatable bonds is 6. The molecule has 6 heteroatoms. The Morgan fingerprint density at radius 1 is 1.24 bits per heavy atom. The van der Waals surface area contributed by atoms with Crippen LogP contribution in [0.15, 0.2) is 0 Å². The summed E-state index contributed by atoms with van der Waals surface area (Å²) in [6.07, 6.45) is 1.94. The molecule has 21 heavy (non-hydrogen) atoms. The number of methoxy groups -OCH3 is 1. The summed E-state index contributed by atoms with van der Waals surface area (Å²) in [7, 11) is 1.27. The second kappa shape index (κ2) is 7.43. The van der Waals surface area contributed by atoms with Gasteiger partial charge in [-0.25, -0.2) is 4.79 Å². The second-order valence-electron chi connectivity index (χ2n) is 6.05. The molecule has 0 aromatic heterocycles. The zero-order valence-corrected chi connectivity index (χ0v) is 13.1. The van der Waals surface area contributed by atoms with E-state index in [4.69, 9.17) is 0 Å². The number of nitrogens with one attached hydrogen (secondary N) is 1. The molecule has 1 rings (SSSR count). The van der Waals surface area contributed by atoms with Gasteiger partial charge in [0.25, 0.3) is 0 Å². The van der Waals surface area contributed by atoms with Crippen LogP contribution in [0.5, 0.6) is 0 Å². The fraction of sp³-hybridized carbons (Fsp3) is 0.800. The van der Waals surface area contributed by atoms with Crippen molar-refractivity contribution < 1.29 is 24.2 Å². The molecule has 120 valence electrons. The Morgan fingerprint density at radius 3 is 2.24 bits per heavy atom. The minimum atomic E-state index is -0.940. The predicted molar refractivity (Wildman–Crippen MR) is 76.4 cm³/mol. The quantitative estimate of drug-likeness (QED) is 0.724. The van der Waals surface area contributed by atoms with E-state index in [9.17, 15) is 19.5 Å². The lowest BCUT2D eigenvalue weighted by molar-refractivity contribution is -0.149. The van der Waals surface area contributed by atoms with Gasteiger partial charge in [-0.2, -0.15) is 0 Å². The highest BCUT2D eigenvalue weighted by molar-refractivity contribution is 5.89. The van der Waals surface area contributed by atoms with Crippen LogP contribution in [-0.4, -0.2) is 36.1 Å². The zero-order valence-electron chi connectivity index (χ0n) is 13.1. The molecular formula is C15H25NO5. The number of hydrogen-bond donors (Lipinski definition) is 2. The van der Waals surface area contributed by atoms with E-state index in [1.54, 1.807) is 13.8 Å². The normalized spacial score (nSPS) is 26.4. The van der Waals surface area contributed by atoms with Gasteiger partial charge < -0.3 is 15.2 Å². The Labute approximate surface area is 125 Å². The van der Waals surface area contributed by atoms with E-state index in [0.29, 0.717) is 12.8 Å². The molecule has 0 bridgehead atoms. The molecule has 0 saturated heterocycles. The average Bonchev–Trinajstić information content (AvgIpc) is 2.87. The summed E-state index contributed by atoms with van der Waals surface area (Å²) < 4.78 is 4.68. The van der Waals surface area contributed by atoms with Crippen molar-refractivity contribution >= 4 is 17.8 Å². The fourth-order valence-electron chi connectivity index (χ4n) is 2.92. The number of amides is 1. The molecule has 4 unspecified atom stereocenters. The predicted octanol–water partition coefficient (Wildman–Crippen LogP) is 1.44. The van der Waals surface area contributed by atoms with E-state index >= 15 is 0 Å². The first-order valence-corrected chi connectivity index (χ1v) is 7.42. The van der Waals surface area contributed by atoms with E-state index in [1.807, 2.05) is 6.92 Å². The molecule has 1 aliphatic rings. The van der Waals surface area contributed by atoms with Crippen molar-refractivity contribution in [3.05, 3.63) is 0 Å². The molecule has 2 N–H and O–H groups in total. The largest absolute Gasteiger partial charge is 0.481 e. The maximum absolute atomic E-state index is 12.4. The van der Waals surface area contributed by atoms with Gasteiger partial charge in [0, 0.05) is 0 Å². The van der Waals surface area contributed by atoms with Crippen LogP contribution in [0, 0.1) is 23.7 Å². The lowest BCUT2D eigenvalue weighted by atomic mass is 9.94. The summed E-state index contributed by atoms with van der Waals surface area (Å²) >= 11 is 0. The van der Waals surface area contributed by atoms with Crippen LogP contribution in [0.25, 0.3) is 0 Å². The highest BCUT2D eigenvalue weighted by Crippen LogP contribution is 2.38. The first-order valence-electron chi connectivity index (χ1n) is 7.42. The van der Waals surface area contributed by atoms with Crippen LogP contribution in [0.1, 0.15) is 40.0 Å². The van der Waals surface area contributed by atoms with E-state index in [-0.39, 0.29) is 17.7 Å². The number of ether oxygens (including phenoxy) is 1. The van der Waals surface area contributed by atoms with Crippen molar-refractivity contribution in [2.45, 2.75) is 46.1 Å². The third-order valence-corrected chi connectivity index (χ3v) is 4.31. The zero-order chi connectivity index (χ0) is 16.2. The molecule has 0 radical (unpaired) electrons. The highest BCUT2D eigenvalue weighted by Gasteiger charge is 2.43. The van der Waals surface area contributed by atoms with Crippen LogP contribution in [0.3, 0.4) is 0 Å². The Balaban J connectivity index is 2.80. The summed E-state index contributed by atoms with van der Waals surface area (Å²) in [6.45, 7) is 5.61. The topological polar surface area (TPSA) is 92.7 Å². The third kappa shape index (κ3) is 4.19. The van der Waals surface area contributed by atoms with Crippen LogP contribution in [-0.2, 0) is 19.1 Å². The smallest absolute Gasteiger partial charge is 0.328 e. The van der Waals surface area contributed by atoms with Gasteiger partial charge in [-0.05, 0) is 24.7 Å².